The maximum atomic E-state index is 13.0. The maximum Gasteiger partial charge on any atom is 0.312 e. The van der Waals surface area contributed by atoms with Crippen molar-refractivity contribution in [2.75, 3.05) is 26.7 Å². The first-order valence-corrected chi connectivity index (χ1v) is 10.4. The highest BCUT2D eigenvalue weighted by Crippen LogP contribution is 2.23. The van der Waals surface area contributed by atoms with Crippen molar-refractivity contribution in [2.45, 2.75) is 31.3 Å². The Morgan fingerprint density at radius 2 is 1.73 bits per heavy atom. The number of urea groups is 1. The molecule has 0 radical (unpaired) electrons. The molecule has 7 nitrogen and oxygen atoms in total. The molecule has 30 heavy (non-hydrogen) atoms. The van der Waals surface area contributed by atoms with Gasteiger partial charge in [0.1, 0.15) is 17.8 Å². The zero-order valence-corrected chi connectivity index (χ0v) is 17.4. The Morgan fingerprint density at radius 1 is 1.07 bits per heavy atom. The molecule has 160 valence electrons. The minimum absolute atomic E-state index is 0.0820. The Kier molecular flexibility index (Phi) is 7.68. The Bertz CT molecular complexity index is 837. The number of methoxy groups -OCH3 is 1. The van der Waals surface area contributed by atoms with E-state index in [0.29, 0.717) is 13.0 Å². The number of carbonyl (C=O) groups is 2. The Balaban J connectivity index is 1.73. The van der Waals surface area contributed by atoms with Crippen LogP contribution in [0, 0.1) is 0 Å². The van der Waals surface area contributed by atoms with Crippen LogP contribution in [0.4, 0.5) is 4.79 Å². The minimum Gasteiger partial charge on any atom is -0.496 e. The highest BCUT2D eigenvalue weighted by atomic mass is 16.5. The number of ether oxygens (including phenoxy) is 1. The van der Waals surface area contributed by atoms with Crippen molar-refractivity contribution in [2.24, 2.45) is 5.73 Å². The fourth-order valence-electron chi connectivity index (χ4n) is 4.16. The lowest BCUT2D eigenvalue weighted by Crippen LogP contribution is -3.11. The van der Waals surface area contributed by atoms with Crippen molar-refractivity contribution < 1.29 is 19.2 Å². The van der Waals surface area contributed by atoms with E-state index >= 15 is 0 Å². The van der Waals surface area contributed by atoms with Gasteiger partial charge in [-0.05, 0) is 17.7 Å². The zero-order chi connectivity index (χ0) is 21.3. The van der Waals surface area contributed by atoms with Crippen molar-refractivity contribution in [3.63, 3.8) is 0 Å². The van der Waals surface area contributed by atoms with Crippen LogP contribution < -0.4 is 26.0 Å². The number of likely N-dealkylation sites (tertiary alicyclic amines) is 1. The van der Waals surface area contributed by atoms with Gasteiger partial charge >= 0.3 is 6.03 Å². The van der Waals surface area contributed by atoms with E-state index in [1.807, 2.05) is 48.5 Å². The van der Waals surface area contributed by atoms with E-state index in [-0.39, 0.29) is 11.9 Å². The molecule has 3 amide bonds. The smallest absolute Gasteiger partial charge is 0.312 e. The van der Waals surface area contributed by atoms with Crippen LogP contribution in [0.15, 0.2) is 54.6 Å². The second-order valence-electron chi connectivity index (χ2n) is 7.66. The summed E-state index contributed by atoms with van der Waals surface area (Å²) in [5.74, 6) is 0.586. The van der Waals surface area contributed by atoms with E-state index in [2.05, 4.69) is 16.7 Å². The number of hydrogen-bond donors (Lipinski definition) is 4. The van der Waals surface area contributed by atoms with Gasteiger partial charge in [-0.2, -0.15) is 0 Å². The summed E-state index contributed by atoms with van der Waals surface area (Å²) < 4.78 is 5.57. The van der Waals surface area contributed by atoms with Crippen LogP contribution in [-0.2, 0) is 11.2 Å². The predicted octanol–water partition coefficient (Wildman–Crippen LogP) is 0.811. The van der Waals surface area contributed by atoms with Crippen molar-refractivity contribution in [3.05, 3.63) is 65.7 Å². The van der Waals surface area contributed by atoms with E-state index in [9.17, 15) is 9.59 Å². The summed E-state index contributed by atoms with van der Waals surface area (Å²) in [5.41, 5.74) is 7.36. The Morgan fingerprint density at radius 3 is 2.40 bits per heavy atom. The molecule has 7 heteroatoms. The summed E-state index contributed by atoms with van der Waals surface area (Å²) in [6, 6.07) is 16.2. The fraction of sp³-hybridized carbons (Fsp3) is 0.391. The zero-order valence-electron chi connectivity index (χ0n) is 17.4. The molecule has 1 fully saturated rings. The number of rotatable bonds is 9. The third kappa shape index (κ3) is 5.73. The molecule has 1 aliphatic heterocycles. The molecule has 0 aliphatic carbocycles. The van der Waals surface area contributed by atoms with E-state index in [4.69, 9.17) is 10.5 Å². The number of benzene rings is 2. The summed E-state index contributed by atoms with van der Waals surface area (Å²) >= 11 is 0. The van der Waals surface area contributed by atoms with Crippen molar-refractivity contribution in [1.82, 2.24) is 10.6 Å². The Hall–Kier alpha value is -3.06. The average molecular weight is 412 g/mol. The van der Waals surface area contributed by atoms with Gasteiger partial charge in [0.2, 0.25) is 5.91 Å². The van der Waals surface area contributed by atoms with Gasteiger partial charge in [0.25, 0.3) is 0 Å². The van der Waals surface area contributed by atoms with Gasteiger partial charge in [-0.3, -0.25) is 4.79 Å². The molecule has 1 aliphatic rings. The lowest BCUT2D eigenvalue weighted by atomic mass is 10.0. The van der Waals surface area contributed by atoms with E-state index in [1.165, 1.54) is 17.7 Å². The van der Waals surface area contributed by atoms with E-state index < -0.39 is 12.1 Å². The number of carbonyl (C=O) groups excluding carboxylic acids is 2. The normalized spacial score (nSPS) is 15.9. The standard InChI is InChI=1S/C23H30N4O3/c1-30-21-12-6-5-11-18(21)20(27-13-7-8-14-27)16-25-22(28)19(26-23(24)29)15-17-9-3-2-4-10-17/h2-6,9-12,19-20H,7-8,13-16H2,1H3,(H,25,28)(H3,24,26,29)/p+1/t19-,20+/m1/s1. The summed E-state index contributed by atoms with van der Waals surface area (Å²) in [7, 11) is 1.67. The summed E-state index contributed by atoms with van der Waals surface area (Å²) in [5, 5.41) is 5.63. The topological polar surface area (TPSA) is 97.9 Å². The second-order valence-corrected chi connectivity index (χ2v) is 7.66. The first-order valence-electron chi connectivity index (χ1n) is 10.4. The summed E-state index contributed by atoms with van der Waals surface area (Å²) in [4.78, 5) is 25.9. The number of amides is 3. The molecule has 5 N–H and O–H groups in total. The number of nitrogens with one attached hydrogen (secondary N) is 3. The van der Waals surface area contributed by atoms with E-state index in [0.717, 1.165) is 30.0 Å². The number of primary amides is 1. The lowest BCUT2D eigenvalue weighted by molar-refractivity contribution is -0.918. The maximum absolute atomic E-state index is 13.0. The van der Waals surface area contributed by atoms with Gasteiger partial charge in [0, 0.05) is 19.3 Å². The van der Waals surface area contributed by atoms with Crippen LogP contribution in [0.5, 0.6) is 5.75 Å². The monoisotopic (exact) mass is 411 g/mol. The SMILES string of the molecule is COc1ccccc1[C@H](CNC(=O)[C@@H](Cc1ccccc1)NC(N)=O)[NH+]1CCCC1. The van der Waals surface area contributed by atoms with Crippen LogP contribution in [0.25, 0.3) is 0 Å². The molecule has 3 rings (SSSR count). The average Bonchev–Trinajstić information content (AvgIpc) is 3.28. The molecule has 2 atom stereocenters. The van der Waals surface area contributed by atoms with Gasteiger partial charge in [-0.25, -0.2) is 4.79 Å². The Labute approximate surface area is 177 Å². The molecule has 0 unspecified atom stereocenters. The van der Waals surface area contributed by atoms with Crippen LogP contribution in [0.3, 0.4) is 0 Å². The molecule has 1 heterocycles. The quantitative estimate of drug-likeness (QED) is 0.492. The van der Waals surface area contributed by atoms with Crippen molar-refractivity contribution >= 4 is 11.9 Å². The van der Waals surface area contributed by atoms with Crippen LogP contribution in [-0.4, -0.2) is 44.7 Å². The highest BCUT2D eigenvalue weighted by Gasteiger charge is 2.31. The molecule has 2 aromatic carbocycles. The van der Waals surface area contributed by atoms with Gasteiger partial charge < -0.3 is 26.0 Å². The predicted molar refractivity (Wildman–Crippen MR) is 115 cm³/mol. The molecule has 0 aromatic heterocycles. The third-order valence-electron chi connectivity index (χ3n) is 5.65. The fourth-order valence-corrected chi connectivity index (χ4v) is 4.16. The number of quaternary nitrogens is 1. The molecular weight excluding hydrogens is 380 g/mol. The first-order chi connectivity index (χ1) is 14.6. The molecule has 0 spiro atoms. The number of hydrogen-bond acceptors (Lipinski definition) is 3. The van der Waals surface area contributed by atoms with Gasteiger partial charge in [0.05, 0.1) is 32.3 Å². The van der Waals surface area contributed by atoms with Crippen molar-refractivity contribution in [3.8, 4) is 5.75 Å². The van der Waals surface area contributed by atoms with Gasteiger partial charge in [-0.1, -0.05) is 42.5 Å². The second kappa shape index (κ2) is 10.6. The summed E-state index contributed by atoms with van der Waals surface area (Å²) in [6.45, 7) is 2.58. The van der Waals surface area contributed by atoms with Crippen LogP contribution in [0.2, 0.25) is 0 Å². The van der Waals surface area contributed by atoms with Gasteiger partial charge in [-0.15, -0.1) is 0 Å². The third-order valence-corrected chi connectivity index (χ3v) is 5.65. The lowest BCUT2D eigenvalue weighted by Gasteiger charge is -2.27. The molecule has 0 bridgehead atoms. The first kappa shape index (κ1) is 21.6. The highest BCUT2D eigenvalue weighted by molar-refractivity contribution is 5.86. The number of nitrogens with two attached hydrogens (primary N) is 1. The largest absolute Gasteiger partial charge is 0.496 e. The van der Waals surface area contributed by atoms with E-state index in [1.54, 1.807) is 7.11 Å². The summed E-state index contributed by atoms with van der Waals surface area (Å²) in [6.07, 6.45) is 2.73. The van der Waals surface area contributed by atoms with Gasteiger partial charge in [0.15, 0.2) is 0 Å². The number of para-hydroxylation sites is 1. The molecule has 1 saturated heterocycles. The molecule has 2 aromatic rings. The van der Waals surface area contributed by atoms with Crippen LogP contribution >= 0.6 is 0 Å². The van der Waals surface area contributed by atoms with Crippen LogP contribution in [0.1, 0.15) is 30.0 Å². The molecule has 0 saturated carbocycles. The van der Waals surface area contributed by atoms with Crippen molar-refractivity contribution in [1.29, 1.82) is 0 Å². The minimum atomic E-state index is -0.725. The molecular formula is C23H31N4O3+.